The van der Waals surface area contributed by atoms with Crippen molar-refractivity contribution >= 4 is 17.3 Å². The average molecular weight is 449 g/mol. The van der Waals surface area contributed by atoms with Gasteiger partial charge in [0.05, 0.1) is 14.2 Å². The quantitative estimate of drug-likeness (QED) is 0.488. The minimum absolute atomic E-state index is 0.118. The van der Waals surface area contributed by atoms with Gasteiger partial charge in [-0.05, 0) is 23.3 Å². The van der Waals surface area contributed by atoms with E-state index in [0.29, 0.717) is 11.4 Å². The average Bonchev–Trinajstić information content (AvgIpc) is 2.69. The number of halogens is 6. The lowest BCUT2D eigenvalue weighted by Crippen LogP contribution is -2.46. The molecule has 0 bridgehead atoms. The molecule has 31 heavy (non-hydrogen) atoms. The molecule has 0 aromatic heterocycles. The molecule has 1 atom stereocenters. The molecule has 168 valence electrons. The Bertz CT molecular complexity index is 975. The molecule has 0 radical (unpaired) electrons. The molecule has 0 spiro atoms. The second-order valence-corrected chi connectivity index (χ2v) is 6.72. The third kappa shape index (κ3) is 4.08. The van der Waals surface area contributed by atoms with Gasteiger partial charge in [0.1, 0.15) is 5.92 Å². The fourth-order valence-corrected chi connectivity index (χ4v) is 3.50. The summed E-state index contributed by atoms with van der Waals surface area (Å²) in [4.78, 5) is 14.4. The van der Waals surface area contributed by atoms with Crippen molar-refractivity contribution in [2.75, 3.05) is 26.2 Å². The van der Waals surface area contributed by atoms with Crippen LogP contribution in [0.5, 0.6) is 11.5 Å². The first-order valence-corrected chi connectivity index (χ1v) is 8.82. The lowest BCUT2D eigenvalue weighted by molar-refractivity contribution is -0.313. The van der Waals surface area contributed by atoms with Crippen molar-refractivity contribution in [2.45, 2.75) is 24.4 Å². The maximum atomic E-state index is 13.0. The number of ether oxygens (including phenoxy) is 3. The van der Waals surface area contributed by atoms with Crippen LogP contribution in [0.1, 0.15) is 17.0 Å². The summed E-state index contributed by atoms with van der Waals surface area (Å²) in [7, 11) is 4.31. The van der Waals surface area contributed by atoms with Crippen LogP contribution in [-0.4, -0.2) is 45.7 Å². The Morgan fingerprint density at radius 1 is 0.903 bits per heavy atom. The number of nitrogens with zero attached hydrogens (tertiary/aromatic N) is 1. The second kappa shape index (κ2) is 7.86. The van der Waals surface area contributed by atoms with Gasteiger partial charge in [0.25, 0.3) is 6.10 Å². The molecule has 0 fully saturated rings. The summed E-state index contributed by atoms with van der Waals surface area (Å²) in [6.45, 7) is 0. The molecular weight excluding hydrogens is 432 g/mol. The van der Waals surface area contributed by atoms with Gasteiger partial charge in [-0.25, -0.2) is 0 Å². The minimum Gasteiger partial charge on any atom is -0.493 e. The first-order chi connectivity index (χ1) is 14.4. The van der Waals surface area contributed by atoms with Crippen molar-refractivity contribution in [3.8, 4) is 11.5 Å². The van der Waals surface area contributed by atoms with Gasteiger partial charge in [-0.2, -0.15) is 26.3 Å². The van der Waals surface area contributed by atoms with Crippen molar-refractivity contribution in [2.24, 2.45) is 0 Å². The van der Waals surface area contributed by atoms with E-state index in [0.717, 1.165) is 0 Å². The largest absolute Gasteiger partial charge is 0.493 e. The molecular formula is C20H17F6NO4. The van der Waals surface area contributed by atoms with Crippen LogP contribution >= 0.6 is 0 Å². The summed E-state index contributed by atoms with van der Waals surface area (Å²) in [5.74, 6) is -2.82. The number of carbonyl (C=O) groups is 1. The molecule has 2 aromatic rings. The van der Waals surface area contributed by atoms with E-state index in [9.17, 15) is 31.1 Å². The summed E-state index contributed by atoms with van der Waals surface area (Å²) in [6.07, 6.45) is -15.9. The van der Waals surface area contributed by atoms with Crippen LogP contribution in [0.15, 0.2) is 36.4 Å². The number of hydrogen-bond acceptors (Lipinski definition) is 5. The standard InChI is InChI=1S/C20H17F6NO4/c1-27-12-7-5-4-6-10(12)16(11-8-14(29-2)15(30-3)9-13(11)27)17(28)31-18(19(21,22)23)20(24,25)26/h4-9,16,18H,1-3H3. The molecule has 2 aromatic carbocycles. The normalized spacial score (nSPS) is 15.9. The Morgan fingerprint density at radius 2 is 1.45 bits per heavy atom. The van der Waals surface area contributed by atoms with Gasteiger partial charge >= 0.3 is 18.3 Å². The van der Waals surface area contributed by atoms with E-state index in [1.165, 1.54) is 38.5 Å². The number of methoxy groups -OCH3 is 2. The van der Waals surface area contributed by atoms with Gasteiger partial charge in [-0.1, -0.05) is 18.2 Å². The van der Waals surface area contributed by atoms with Crippen LogP contribution in [0.2, 0.25) is 0 Å². The number of fused-ring (bicyclic) bond motifs is 2. The Morgan fingerprint density at radius 3 is 2.00 bits per heavy atom. The fraction of sp³-hybridized carbons (Fsp3) is 0.350. The predicted molar refractivity (Wildman–Crippen MR) is 97.9 cm³/mol. The highest BCUT2D eigenvalue weighted by atomic mass is 19.4. The van der Waals surface area contributed by atoms with Crippen molar-refractivity contribution in [3.05, 3.63) is 47.5 Å². The molecule has 0 aliphatic carbocycles. The van der Waals surface area contributed by atoms with Gasteiger partial charge < -0.3 is 19.1 Å². The molecule has 0 N–H and O–H groups in total. The third-order valence-corrected chi connectivity index (χ3v) is 4.88. The zero-order valence-corrected chi connectivity index (χ0v) is 16.5. The number of anilines is 2. The first-order valence-electron chi connectivity index (χ1n) is 8.82. The van der Waals surface area contributed by atoms with Crippen LogP contribution in [0.4, 0.5) is 37.7 Å². The van der Waals surface area contributed by atoms with E-state index in [4.69, 9.17) is 9.47 Å². The summed E-state index contributed by atoms with van der Waals surface area (Å²) >= 11 is 0. The highest BCUT2D eigenvalue weighted by molar-refractivity contribution is 5.92. The van der Waals surface area contributed by atoms with Crippen LogP contribution in [0.3, 0.4) is 0 Å². The number of rotatable bonds is 4. The fourth-order valence-electron chi connectivity index (χ4n) is 3.50. The molecule has 1 aliphatic heterocycles. The van der Waals surface area contributed by atoms with Crippen LogP contribution in [0.25, 0.3) is 0 Å². The van der Waals surface area contributed by atoms with E-state index in [1.807, 2.05) is 0 Å². The molecule has 1 aliphatic rings. The molecule has 0 amide bonds. The summed E-state index contributed by atoms with van der Waals surface area (Å²) < 4.78 is 92.3. The highest BCUT2D eigenvalue weighted by Crippen LogP contribution is 2.49. The minimum atomic E-state index is -5.82. The van der Waals surface area contributed by atoms with Gasteiger partial charge in [0.2, 0.25) is 0 Å². The number of carbonyl (C=O) groups excluding carboxylic acids is 1. The topological polar surface area (TPSA) is 48.0 Å². The number of alkyl halides is 6. The number of benzene rings is 2. The van der Waals surface area contributed by atoms with Crippen LogP contribution < -0.4 is 14.4 Å². The molecule has 0 saturated heterocycles. The van der Waals surface area contributed by atoms with Crippen molar-refractivity contribution < 1.29 is 45.3 Å². The van der Waals surface area contributed by atoms with Crippen molar-refractivity contribution in [1.82, 2.24) is 0 Å². The van der Waals surface area contributed by atoms with Gasteiger partial charge in [0.15, 0.2) is 11.5 Å². The number of para-hydroxylation sites is 1. The lowest BCUT2D eigenvalue weighted by Gasteiger charge is -2.35. The first kappa shape index (κ1) is 22.6. The predicted octanol–water partition coefficient (Wildman–Crippen LogP) is 4.95. The SMILES string of the molecule is COc1cc2c(cc1OC)N(C)c1ccccc1C2C(=O)OC(C(F)(F)F)C(F)(F)F. The summed E-state index contributed by atoms with van der Waals surface area (Å²) in [6, 6.07) is 8.98. The number of esters is 1. The lowest BCUT2D eigenvalue weighted by atomic mass is 9.84. The second-order valence-electron chi connectivity index (χ2n) is 6.72. The van der Waals surface area contributed by atoms with Gasteiger partial charge in [0, 0.05) is 24.5 Å². The molecule has 0 saturated carbocycles. The zero-order chi connectivity index (χ0) is 23.1. The van der Waals surface area contributed by atoms with Crippen molar-refractivity contribution in [1.29, 1.82) is 0 Å². The highest BCUT2D eigenvalue weighted by Gasteiger charge is 2.60. The van der Waals surface area contributed by atoms with Crippen LogP contribution in [-0.2, 0) is 9.53 Å². The molecule has 3 rings (SSSR count). The molecule has 1 unspecified atom stereocenters. The maximum Gasteiger partial charge on any atom is 0.434 e. The zero-order valence-electron chi connectivity index (χ0n) is 16.5. The van der Waals surface area contributed by atoms with E-state index >= 15 is 0 Å². The summed E-state index contributed by atoms with van der Waals surface area (Å²) in [5, 5.41) is 0. The van der Waals surface area contributed by atoms with Gasteiger partial charge in [-0.3, -0.25) is 4.79 Å². The molecule has 1 heterocycles. The van der Waals surface area contributed by atoms with Crippen LogP contribution in [0, 0.1) is 0 Å². The Balaban J connectivity index is 2.16. The van der Waals surface area contributed by atoms with Crippen molar-refractivity contribution in [3.63, 3.8) is 0 Å². The Kier molecular flexibility index (Phi) is 5.72. The summed E-state index contributed by atoms with van der Waals surface area (Å²) in [5.41, 5.74) is 1.07. The smallest absolute Gasteiger partial charge is 0.434 e. The number of hydrogen-bond donors (Lipinski definition) is 0. The third-order valence-electron chi connectivity index (χ3n) is 4.88. The molecule has 5 nitrogen and oxygen atoms in total. The van der Waals surface area contributed by atoms with Gasteiger partial charge in [-0.15, -0.1) is 0 Å². The molecule has 11 heteroatoms. The monoisotopic (exact) mass is 449 g/mol. The van der Waals surface area contributed by atoms with E-state index in [-0.39, 0.29) is 22.6 Å². The Hall–Kier alpha value is -3.11. The van der Waals surface area contributed by atoms with E-state index in [2.05, 4.69) is 4.74 Å². The maximum absolute atomic E-state index is 13.0. The van der Waals surface area contributed by atoms with E-state index in [1.54, 1.807) is 24.1 Å². The van der Waals surface area contributed by atoms with E-state index < -0.39 is 30.3 Å². The Labute approximate surface area is 173 Å².